The fraction of sp³-hybridized carbons (Fsp3) is 0.500. The van der Waals surface area contributed by atoms with Crippen molar-refractivity contribution in [3.05, 3.63) is 71.8 Å². The van der Waals surface area contributed by atoms with E-state index in [-0.39, 0.29) is 18.1 Å². The summed E-state index contributed by atoms with van der Waals surface area (Å²) in [6.45, 7) is 12.0. The highest BCUT2D eigenvalue weighted by molar-refractivity contribution is 6.69. The second-order valence-corrected chi connectivity index (χ2v) is 14.0. The molecule has 0 aliphatic carbocycles. The average Bonchev–Trinajstić information content (AvgIpc) is 3.20. The first-order valence-electron chi connectivity index (χ1n) is 11.4. The minimum atomic E-state index is -1.91. The van der Waals surface area contributed by atoms with Crippen LogP contribution in [0.25, 0.3) is 0 Å². The molecule has 3 rings (SSSR count). The second-order valence-electron chi connectivity index (χ2n) is 9.56. The number of aliphatic hydroxyl groups is 1. The van der Waals surface area contributed by atoms with Gasteiger partial charge in [0, 0.05) is 12.8 Å². The van der Waals surface area contributed by atoms with Crippen LogP contribution in [-0.2, 0) is 10.0 Å². The summed E-state index contributed by atoms with van der Waals surface area (Å²) in [5.74, 6) is 0.117. The molecule has 3 unspecified atom stereocenters. The second kappa shape index (κ2) is 9.59. The average molecular weight is 425 g/mol. The highest BCUT2D eigenvalue weighted by Crippen LogP contribution is 2.44. The van der Waals surface area contributed by atoms with Crippen LogP contribution >= 0.6 is 0 Å². The van der Waals surface area contributed by atoms with E-state index < -0.39 is 13.9 Å². The summed E-state index contributed by atoms with van der Waals surface area (Å²) >= 11 is 0. The predicted molar refractivity (Wildman–Crippen MR) is 128 cm³/mol. The van der Waals surface area contributed by atoms with E-state index in [2.05, 4.69) is 98.0 Å². The van der Waals surface area contributed by atoms with E-state index in [1.54, 1.807) is 0 Å². The molecule has 4 heteroatoms. The van der Waals surface area contributed by atoms with Crippen molar-refractivity contribution in [2.24, 2.45) is 5.92 Å². The zero-order valence-electron chi connectivity index (χ0n) is 19.2. The Bertz CT molecular complexity index is 790. The first-order chi connectivity index (χ1) is 14.3. The Hall–Kier alpha value is -1.75. The third-order valence-corrected chi connectivity index (χ3v) is 7.02. The van der Waals surface area contributed by atoms with Gasteiger partial charge in [-0.1, -0.05) is 74.5 Å². The molecule has 1 aliphatic heterocycles. The molecule has 1 aliphatic rings. The summed E-state index contributed by atoms with van der Waals surface area (Å²) in [7, 11) is -1.91. The van der Waals surface area contributed by atoms with Crippen molar-refractivity contribution >= 4 is 14.5 Å². The van der Waals surface area contributed by atoms with Crippen molar-refractivity contribution in [2.75, 3.05) is 6.54 Å². The number of aliphatic hydroxyl groups excluding tert-OH is 1. The molecular weight excluding hydrogens is 386 g/mol. The van der Waals surface area contributed by atoms with Gasteiger partial charge in [0.25, 0.3) is 0 Å². The zero-order valence-corrected chi connectivity index (χ0v) is 20.2. The number of hydrogen-bond donors (Lipinski definition) is 1. The summed E-state index contributed by atoms with van der Waals surface area (Å²) in [6.07, 6.45) is 4.92. The summed E-state index contributed by atoms with van der Waals surface area (Å²) in [5.41, 5.74) is 1.90. The van der Waals surface area contributed by atoms with Gasteiger partial charge in [-0.25, -0.2) is 4.58 Å². The molecule has 162 valence electrons. The molecule has 0 aromatic heterocycles. The van der Waals surface area contributed by atoms with Crippen LogP contribution in [0.2, 0.25) is 19.6 Å². The fourth-order valence-electron chi connectivity index (χ4n) is 4.77. The molecule has 0 spiro atoms. The number of nitrogens with zero attached hydrogens (tertiary/aromatic N) is 1. The fourth-order valence-corrected chi connectivity index (χ4v) is 6.11. The Morgan fingerprint density at radius 2 is 1.60 bits per heavy atom. The Kier molecular flexibility index (Phi) is 7.33. The molecule has 30 heavy (non-hydrogen) atoms. The van der Waals surface area contributed by atoms with Crippen molar-refractivity contribution in [1.29, 1.82) is 0 Å². The number of benzene rings is 2. The van der Waals surface area contributed by atoms with Crippen LogP contribution in [0.3, 0.4) is 0 Å². The summed E-state index contributed by atoms with van der Waals surface area (Å²) in [6, 6.07) is 21.7. The first-order valence-corrected chi connectivity index (χ1v) is 14.8. The van der Waals surface area contributed by atoms with Crippen LogP contribution in [0.1, 0.15) is 44.2 Å². The lowest BCUT2D eigenvalue weighted by Gasteiger charge is -2.42. The summed E-state index contributed by atoms with van der Waals surface area (Å²) in [4.78, 5) is 0. The standard InChI is InChI=1S/C26H38NO2Si/c1-6-24(28)21(2)20-27-19-13-18-25(27)26(29-30(3,4)5,22-14-9-7-10-15-22)23-16-11-8-12-17-23/h7-12,14-17,20-21,24-25,28H,6,13,18-19H2,1-5H3/q+1. The molecule has 2 aromatic carbocycles. The molecule has 0 bridgehead atoms. The van der Waals surface area contributed by atoms with E-state index in [4.69, 9.17) is 4.43 Å². The number of hydrogen-bond acceptors (Lipinski definition) is 2. The highest BCUT2D eigenvalue weighted by Gasteiger charge is 2.53. The van der Waals surface area contributed by atoms with Crippen molar-refractivity contribution in [2.45, 2.75) is 70.5 Å². The van der Waals surface area contributed by atoms with E-state index in [9.17, 15) is 5.11 Å². The van der Waals surface area contributed by atoms with Gasteiger partial charge in [-0.3, -0.25) is 0 Å². The Labute approximate surface area is 183 Å². The molecule has 3 atom stereocenters. The molecular formula is C26H38NO2Si+. The molecule has 1 heterocycles. The molecule has 1 fully saturated rings. The normalized spacial score (nSPS) is 21.0. The molecule has 0 saturated carbocycles. The molecule has 2 aromatic rings. The zero-order chi connectivity index (χ0) is 21.8. The SMILES string of the molecule is CCC(O)C(C)C=[N+]1CCCC1C(O[Si](C)(C)C)(c1ccccc1)c1ccccc1. The maximum Gasteiger partial charge on any atom is 0.188 e. The lowest BCUT2D eigenvalue weighted by Crippen LogP contribution is -2.52. The third-order valence-electron chi connectivity index (χ3n) is 6.09. The molecule has 3 nitrogen and oxygen atoms in total. The smallest absolute Gasteiger partial charge is 0.188 e. The molecule has 1 saturated heterocycles. The van der Waals surface area contributed by atoms with Crippen LogP contribution in [0.15, 0.2) is 60.7 Å². The molecule has 0 amide bonds. The van der Waals surface area contributed by atoms with Gasteiger partial charge >= 0.3 is 0 Å². The van der Waals surface area contributed by atoms with Gasteiger partial charge in [-0.05, 0) is 37.2 Å². The number of rotatable bonds is 8. The molecule has 0 radical (unpaired) electrons. The Balaban J connectivity index is 2.21. The topological polar surface area (TPSA) is 32.5 Å². The van der Waals surface area contributed by atoms with Gasteiger partial charge in [0.2, 0.25) is 0 Å². The monoisotopic (exact) mass is 424 g/mol. The third kappa shape index (κ3) is 4.93. The van der Waals surface area contributed by atoms with Crippen LogP contribution in [0.5, 0.6) is 0 Å². The van der Waals surface area contributed by atoms with Gasteiger partial charge in [0.05, 0.1) is 12.0 Å². The van der Waals surface area contributed by atoms with E-state index in [0.717, 1.165) is 25.8 Å². The van der Waals surface area contributed by atoms with Crippen molar-refractivity contribution in [1.82, 2.24) is 0 Å². The maximum atomic E-state index is 10.4. The van der Waals surface area contributed by atoms with Crippen LogP contribution in [0.4, 0.5) is 0 Å². The van der Waals surface area contributed by atoms with Crippen molar-refractivity contribution in [3.8, 4) is 0 Å². The highest BCUT2D eigenvalue weighted by atomic mass is 28.4. The lowest BCUT2D eigenvalue weighted by atomic mass is 9.79. The van der Waals surface area contributed by atoms with E-state index in [1.807, 2.05) is 6.92 Å². The molecule has 1 N–H and O–H groups in total. The van der Waals surface area contributed by atoms with E-state index in [0.29, 0.717) is 0 Å². The van der Waals surface area contributed by atoms with Gasteiger partial charge in [-0.15, -0.1) is 0 Å². The summed E-state index contributed by atoms with van der Waals surface area (Å²) < 4.78 is 9.66. The minimum absolute atomic E-state index is 0.117. The van der Waals surface area contributed by atoms with Gasteiger partial charge in [0.15, 0.2) is 20.0 Å². The van der Waals surface area contributed by atoms with E-state index >= 15 is 0 Å². The maximum absolute atomic E-state index is 10.4. The van der Waals surface area contributed by atoms with Gasteiger partial charge in [0.1, 0.15) is 12.8 Å². The van der Waals surface area contributed by atoms with Crippen molar-refractivity contribution in [3.63, 3.8) is 0 Å². The predicted octanol–water partition coefficient (Wildman–Crippen LogP) is 5.43. The van der Waals surface area contributed by atoms with Crippen LogP contribution < -0.4 is 0 Å². The van der Waals surface area contributed by atoms with Gasteiger partial charge < -0.3 is 9.53 Å². The first kappa shape index (κ1) is 22.9. The van der Waals surface area contributed by atoms with Crippen molar-refractivity contribution < 1.29 is 14.1 Å². The van der Waals surface area contributed by atoms with Gasteiger partial charge in [-0.2, -0.15) is 0 Å². The van der Waals surface area contributed by atoms with Crippen LogP contribution in [0, 0.1) is 5.92 Å². The Morgan fingerprint density at radius 1 is 1.07 bits per heavy atom. The van der Waals surface area contributed by atoms with Crippen LogP contribution in [-0.4, -0.2) is 42.9 Å². The largest absolute Gasteiger partial charge is 0.399 e. The quantitative estimate of drug-likeness (QED) is 0.452. The Morgan fingerprint density at radius 3 is 2.07 bits per heavy atom. The van der Waals surface area contributed by atoms with E-state index in [1.165, 1.54) is 11.1 Å². The minimum Gasteiger partial charge on any atom is -0.399 e. The summed E-state index contributed by atoms with van der Waals surface area (Å²) in [5, 5.41) is 10.4. The lowest BCUT2D eigenvalue weighted by molar-refractivity contribution is -0.560.